The van der Waals surface area contributed by atoms with Crippen molar-refractivity contribution in [2.45, 2.75) is 46.5 Å². The van der Waals surface area contributed by atoms with Gasteiger partial charge in [-0.1, -0.05) is 39.7 Å². The smallest absolute Gasteiger partial charge is 0.0203 e. The maximum absolute atomic E-state index is 3.95. The molecule has 1 aliphatic carbocycles. The van der Waals surface area contributed by atoms with Gasteiger partial charge in [-0.25, -0.2) is 0 Å². The van der Waals surface area contributed by atoms with Gasteiger partial charge in [-0.05, 0) is 30.1 Å². The Morgan fingerprint density at radius 2 is 1.75 bits per heavy atom. The van der Waals surface area contributed by atoms with E-state index in [4.69, 9.17) is 0 Å². The Balaban J connectivity index is 2.65. The van der Waals surface area contributed by atoms with E-state index < -0.39 is 0 Å². The fourth-order valence-corrected chi connectivity index (χ4v) is 2.52. The van der Waals surface area contributed by atoms with E-state index in [9.17, 15) is 0 Å². The molecule has 0 spiro atoms. The van der Waals surface area contributed by atoms with E-state index in [1.54, 1.807) is 0 Å². The Bertz CT molecular complexity index is 150. The van der Waals surface area contributed by atoms with Crippen molar-refractivity contribution in [3.05, 3.63) is 12.7 Å². The average Bonchev–Trinajstić information content (AvgIpc) is 2.03. The van der Waals surface area contributed by atoms with Crippen LogP contribution in [-0.4, -0.2) is 0 Å². The lowest BCUT2D eigenvalue weighted by molar-refractivity contribution is 0.135. The Hall–Kier alpha value is -0.260. The molecule has 0 N–H and O–H groups in total. The predicted octanol–water partition coefficient (Wildman–Crippen LogP) is 4.02. The Labute approximate surface area is 77.1 Å². The van der Waals surface area contributed by atoms with Crippen molar-refractivity contribution in [3.63, 3.8) is 0 Å². The summed E-state index contributed by atoms with van der Waals surface area (Å²) in [5.41, 5.74) is 0.472. The molecule has 1 saturated carbocycles. The van der Waals surface area contributed by atoms with Gasteiger partial charge in [0, 0.05) is 0 Å². The summed E-state index contributed by atoms with van der Waals surface area (Å²) in [5, 5.41) is 0. The monoisotopic (exact) mass is 166 g/mol. The molecule has 0 heterocycles. The van der Waals surface area contributed by atoms with Gasteiger partial charge < -0.3 is 0 Å². The average molecular weight is 166 g/mol. The van der Waals surface area contributed by atoms with Crippen molar-refractivity contribution in [3.8, 4) is 0 Å². The normalized spacial score (nSPS) is 31.6. The minimum atomic E-state index is 0.472. The molecule has 2 unspecified atom stereocenters. The molecule has 0 radical (unpaired) electrons. The molecule has 0 aromatic carbocycles. The molecule has 0 aromatic heterocycles. The van der Waals surface area contributed by atoms with Gasteiger partial charge in [0.2, 0.25) is 0 Å². The maximum atomic E-state index is 3.95. The molecule has 0 aromatic rings. The third-order valence-electron chi connectivity index (χ3n) is 3.23. The number of allylic oxidation sites excluding steroid dienone is 1. The van der Waals surface area contributed by atoms with Crippen LogP contribution in [0.1, 0.15) is 46.5 Å². The molecular weight excluding hydrogens is 144 g/mol. The van der Waals surface area contributed by atoms with Crippen LogP contribution in [0.25, 0.3) is 0 Å². The molecule has 0 nitrogen and oxygen atoms in total. The number of rotatable bonds is 1. The van der Waals surface area contributed by atoms with Crippen molar-refractivity contribution in [1.82, 2.24) is 0 Å². The van der Waals surface area contributed by atoms with Crippen LogP contribution in [0, 0.1) is 17.3 Å². The van der Waals surface area contributed by atoms with Crippen molar-refractivity contribution in [1.29, 1.82) is 0 Å². The van der Waals surface area contributed by atoms with Crippen LogP contribution < -0.4 is 0 Å². The summed E-state index contributed by atoms with van der Waals surface area (Å²) in [7, 11) is 0. The molecule has 0 saturated heterocycles. The quantitative estimate of drug-likeness (QED) is 0.516. The van der Waals surface area contributed by atoms with E-state index in [1.807, 2.05) is 0 Å². The summed E-state index contributed by atoms with van der Waals surface area (Å²) >= 11 is 0. The SMILES string of the molecule is C=CC1CCCCC1C(C)(C)C. The van der Waals surface area contributed by atoms with Gasteiger partial charge in [0.1, 0.15) is 0 Å². The Kier molecular flexibility index (Phi) is 2.98. The van der Waals surface area contributed by atoms with Gasteiger partial charge in [-0.3, -0.25) is 0 Å². The fourth-order valence-electron chi connectivity index (χ4n) is 2.52. The third-order valence-corrected chi connectivity index (χ3v) is 3.23. The molecule has 12 heavy (non-hydrogen) atoms. The summed E-state index contributed by atoms with van der Waals surface area (Å²) < 4.78 is 0. The van der Waals surface area contributed by atoms with Crippen LogP contribution in [-0.2, 0) is 0 Å². The van der Waals surface area contributed by atoms with Crippen molar-refractivity contribution in [2.24, 2.45) is 17.3 Å². The molecule has 1 rings (SSSR count). The fraction of sp³-hybridized carbons (Fsp3) is 0.833. The lowest BCUT2D eigenvalue weighted by atomic mass is 9.66. The number of hydrogen-bond acceptors (Lipinski definition) is 0. The van der Waals surface area contributed by atoms with Gasteiger partial charge >= 0.3 is 0 Å². The molecule has 0 aliphatic heterocycles. The molecule has 70 valence electrons. The summed E-state index contributed by atoms with van der Waals surface area (Å²) in [4.78, 5) is 0. The second-order valence-electron chi connectivity index (χ2n) is 5.16. The summed E-state index contributed by atoms with van der Waals surface area (Å²) in [6.45, 7) is 11.0. The summed E-state index contributed by atoms with van der Waals surface area (Å²) in [6.07, 6.45) is 7.77. The summed E-state index contributed by atoms with van der Waals surface area (Å²) in [5.74, 6) is 1.64. The highest BCUT2D eigenvalue weighted by atomic mass is 14.4. The van der Waals surface area contributed by atoms with Crippen LogP contribution in [0.3, 0.4) is 0 Å². The van der Waals surface area contributed by atoms with Crippen LogP contribution in [0.15, 0.2) is 12.7 Å². The summed E-state index contributed by atoms with van der Waals surface area (Å²) in [6, 6.07) is 0. The van der Waals surface area contributed by atoms with Crippen LogP contribution in [0.4, 0.5) is 0 Å². The van der Waals surface area contributed by atoms with Crippen LogP contribution >= 0.6 is 0 Å². The molecule has 0 amide bonds. The minimum Gasteiger partial charge on any atom is -0.103 e. The predicted molar refractivity (Wildman–Crippen MR) is 55.1 cm³/mol. The van der Waals surface area contributed by atoms with Gasteiger partial charge in [-0.15, -0.1) is 6.58 Å². The maximum Gasteiger partial charge on any atom is -0.0203 e. The largest absolute Gasteiger partial charge is 0.103 e. The highest BCUT2D eigenvalue weighted by molar-refractivity contribution is 4.92. The molecule has 0 bridgehead atoms. The second kappa shape index (κ2) is 3.64. The first-order valence-corrected chi connectivity index (χ1v) is 5.18. The van der Waals surface area contributed by atoms with E-state index in [-0.39, 0.29) is 0 Å². The topological polar surface area (TPSA) is 0 Å². The van der Waals surface area contributed by atoms with E-state index in [2.05, 4.69) is 33.4 Å². The molecule has 1 aliphatic rings. The van der Waals surface area contributed by atoms with E-state index in [1.165, 1.54) is 25.7 Å². The van der Waals surface area contributed by atoms with Crippen LogP contribution in [0.5, 0.6) is 0 Å². The Morgan fingerprint density at radius 3 is 2.17 bits per heavy atom. The first-order valence-electron chi connectivity index (χ1n) is 5.18. The zero-order valence-corrected chi connectivity index (χ0v) is 8.77. The highest BCUT2D eigenvalue weighted by Gasteiger charge is 2.32. The first-order chi connectivity index (χ1) is 5.55. The number of hydrogen-bond donors (Lipinski definition) is 0. The zero-order valence-electron chi connectivity index (χ0n) is 8.77. The standard InChI is InChI=1S/C12H22/c1-5-10-8-6-7-9-11(10)12(2,3)4/h5,10-11H,1,6-9H2,2-4H3. The van der Waals surface area contributed by atoms with E-state index in [0.29, 0.717) is 5.41 Å². The van der Waals surface area contributed by atoms with Crippen molar-refractivity contribution < 1.29 is 0 Å². The molecule has 1 fully saturated rings. The minimum absolute atomic E-state index is 0.472. The highest BCUT2D eigenvalue weighted by Crippen LogP contribution is 2.41. The van der Waals surface area contributed by atoms with Gasteiger partial charge in [0.05, 0.1) is 0 Å². The van der Waals surface area contributed by atoms with E-state index >= 15 is 0 Å². The van der Waals surface area contributed by atoms with Crippen molar-refractivity contribution in [2.75, 3.05) is 0 Å². The van der Waals surface area contributed by atoms with Gasteiger partial charge in [-0.2, -0.15) is 0 Å². The second-order valence-corrected chi connectivity index (χ2v) is 5.16. The third kappa shape index (κ3) is 2.12. The first kappa shape index (κ1) is 9.83. The van der Waals surface area contributed by atoms with Gasteiger partial charge in [0.25, 0.3) is 0 Å². The lowest BCUT2D eigenvalue weighted by Gasteiger charge is -2.39. The Morgan fingerprint density at radius 1 is 1.17 bits per heavy atom. The van der Waals surface area contributed by atoms with Crippen LogP contribution in [0.2, 0.25) is 0 Å². The zero-order chi connectivity index (χ0) is 9.19. The molecular formula is C12H22. The van der Waals surface area contributed by atoms with E-state index in [0.717, 1.165) is 11.8 Å². The van der Waals surface area contributed by atoms with Gasteiger partial charge in [0.15, 0.2) is 0 Å². The lowest BCUT2D eigenvalue weighted by Crippen LogP contribution is -2.29. The van der Waals surface area contributed by atoms with Crippen molar-refractivity contribution >= 4 is 0 Å². The molecule has 0 heteroatoms. The molecule has 2 atom stereocenters.